The first kappa shape index (κ1) is 17.9. The molecule has 2 aromatic carbocycles. The number of ether oxygens (including phenoxy) is 2. The van der Waals surface area contributed by atoms with E-state index in [-0.39, 0.29) is 11.8 Å². The summed E-state index contributed by atoms with van der Waals surface area (Å²) in [7, 11) is 1.57. The van der Waals surface area contributed by atoms with E-state index in [1.165, 1.54) is 0 Å². The highest BCUT2D eigenvalue weighted by molar-refractivity contribution is 6.09. The third-order valence-corrected chi connectivity index (χ3v) is 4.25. The monoisotopic (exact) mass is 354 g/mol. The minimum absolute atomic E-state index is 0.170. The molecule has 0 spiro atoms. The number of carbonyl (C=O) groups is 2. The van der Waals surface area contributed by atoms with Gasteiger partial charge in [0.2, 0.25) is 11.8 Å². The van der Waals surface area contributed by atoms with Crippen molar-refractivity contribution in [3.63, 3.8) is 0 Å². The van der Waals surface area contributed by atoms with Crippen LogP contribution in [0.4, 0.5) is 5.69 Å². The van der Waals surface area contributed by atoms with Gasteiger partial charge in [-0.15, -0.1) is 0 Å². The maximum atomic E-state index is 12.6. The Labute approximate surface area is 152 Å². The van der Waals surface area contributed by atoms with E-state index < -0.39 is 5.92 Å². The van der Waals surface area contributed by atoms with Crippen LogP contribution >= 0.6 is 0 Å². The predicted molar refractivity (Wildman–Crippen MR) is 98.3 cm³/mol. The molecule has 0 aliphatic carbocycles. The van der Waals surface area contributed by atoms with E-state index in [9.17, 15) is 9.59 Å². The molecule has 0 saturated carbocycles. The van der Waals surface area contributed by atoms with Crippen molar-refractivity contribution in [1.82, 2.24) is 5.32 Å². The van der Waals surface area contributed by atoms with E-state index in [0.29, 0.717) is 31.9 Å². The normalized spacial score (nSPS) is 16.6. The Morgan fingerprint density at radius 1 is 1.12 bits per heavy atom. The van der Waals surface area contributed by atoms with Gasteiger partial charge in [0.1, 0.15) is 17.4 Å². The van der Waals surface area contributed by atoms with Gasteiger partial charge in [-0.25, -0.2) is 0 Å². The maximum Gasteiger partial charge on any atom is 0.239 e. The van der Waals surface area contributed by atoms with Crippen molar-refractivity contribution in [3.8, 4) is 11.5 Å². The molecular weight excluding hydrogens is 332 g/mol. The number of hydrogen-bond donors (Lipinski definition) is 1. The molecule has 2 aromatic rings. The fraction of sp³-hybridized carbons (Fsp3) is 0.300. The fourth-order valence-electron chi connectivity index (χ4n) is 2.90. The lowest BCUT2D eigenvalue weighted by atomic mass is 10.1. The number of nitrogens with zero attached hydrogens (tertiary/aromatic N) is 1. The Morgan fingerprint density at radius 2 is 1.81 bits per heavy atom. The average molecular weight is 354 g/mol. The Bertz CT molecular complexity index is 746. The second-order valence-corrected chi connectivity index (χ2v) is 6.02. The minimum atomic E-state index is -0.632. The quantitative estimate of drug-likeness (QED) is 0.613. The maximum absolute atomic E-state index is 12.6. The first-order valence-electron chi connectivity index (χ1n) is 8.60. The lowest BCUT2D eigenvalue weighted by molar-refractivity contribution is -0.132. The standard InChI is InChI=1S/C20H22N2O4/c1-25-14-12-21-19(23)18-11-13-22(20(18)24)15-7-9-17(10-8-15)26-16-5-3-2-4-6-16/h2-10,18H,11-14H2,1H3,(H,21,23)/t18-/m0/s1. The molecule has 0 aromatic heterocycles. The SMILES string of the molecule is COCCNC(=O)[C@@H]1CCN(c2ccc(Oc3ccccc3)cc2)C1=O. The van der Waals surface area contributed by atoms with Crippen LogP contribution in [0.2, 0.25) is 0 Å². The van der Waals surface area contributed by atoms with Crippen LogP contribution in [0.3, 0.4) is 0 Å². The van der Waals surface area contributed by atoms with Gasteiger partial charge in [0.15, 0.2) is 0 Å². The average Bonchev–Trinajstić information content (AvgIpc) is 3.05. The summed E-state index contributed by atoms with van der Waals surface area (Å²) in [6.07, 6.45) is 0.514. The number of methoxy groups -OCH3 is 1. The second-order valence-electron chi connectivity index (χ2n) is 6.02. The third kappa shape index (κ3) is 4.21. The van der Waals surface area contributed by atoms with Crippen molar-refractivity contribution in [2.45, 2.75) is 6.42 Å². The fourth-order valence-corrected chi connectivity index (χ4v) is 2.90. The number of anilines is 1. The molecule has 0 radical (unpaired) electrons. The van der Waals surface area contributed by atoms with E-state index >= 15 is 0 Å². The molecule has 26 heavy (non-hydrogen) atoms. The number of hydrogen-bond acceptors (Lipinski definition) is 4. The van der Waals surface area contributed by atoms with E-state index in [0.717, 1.165) is 11.4 Å². The van der Waals surface area contributed by atoms with Gasteiger partial charge in [-0.3, -0.25) is 9.59 Å². The zero-order valence-corrected chi connectivity index (χ0v) is 14.7. The van der Waals surface area contributed by atoms with Crippen LogP contribution < -0.4 is 15.0 Å². The summed E-state index contributed by atoms with van der Waals surface area (Å²) in [6.45, 7) is 1.37. The molecule has 2 amide bonds. The van der Waals surface area contributed by atoms with Crippen LogP contribution in [0.5, 0.6) is 11.5 Å². The molecule has 1 N–H and O–H groups in total. The van der Waals surface area contributed by atoms with Crippen molar-refractivity contribution >= 4 is 17.5 Å². The number of benzene rings is 2. The second kappa shape index (κ2) is 8.49. The Morgan fingerprint density at radius 3 is 2.50 bits per heavy atom. The molecule has 0 unspecified atom stereocenters. The molecule has 1 heterocycles. The predicted octanol–water partition coefficient (Wildman–Crippen LogP) is 2.59. The van der Waals surface area contributed by atoms with Crippen molar-refractivity contribution in [3.05, 3.63) is 54.6 Å². The molecule has 1 fully saturated rings. The summed E-state index contributed by atoms with van der Waals surface area (Å²) in [5.74, 6) is 0.410. The molecule has 1 atom stereocenters. The van der Waals surface area contributed by atoms with E-state index in [1.807, 2.05) is 54.6 Å². The molecule has 0 bridgehead atoms. The third-order valence-electron chi connectivity index (χ3n) is 4.25. The molecular formula is C20H22N2O4. The highest BCUT2D eigenvalue weighted by Crippen LogP contribution is 2.28. The molecule has 1 saturated heterocycles. The van der Waals surface area contributed by atoms with Crippen LogP contribution in [0.25, 0.3) is 0 Å². The lowest BCUT2D eigenvalue weighted by Gasteiger charge is -2.17. The highest BCUT2D eigenvalue weighted by Gasteiger charge is 2.37. The molecule has 1 aliphatic rings. The zero-order valence-electron chi connectivity index (χ0n) is 14.7. The number of carbonyl (C=O) groups excluding carboxylic acids is 2. The van der Waals surface area contributed by atoms with E-state index in [4.69, 9.17) is 9.47 Å². The van der Waals surface area contributed by atoms with Crippen LogP contribution in [-0.4, -0.2) is 38.6 Å². The van der Waals surface area contributed by atoms with Gasteiger partial charge in [-0.2, -0.15) is 0 Å². The van der Waals surface area contributed by atoms with Crippen molar-refractivity contribution in [2.24, 2.45) is 5.92 Å². The van der Waals surface area contributed by atoms with Gasteiger partial charge < -0.3 is 19.7 Å². The molecule has 1 aliphatic heterocycles. The molecule has 6 heteroatoms. The number of para-hydroxylation sites is 1. The Balaban J connectivity index is 1.61. The van der Waals surface area contributed by atoms with Crippen molar-refractivity contribution in [2.75, 3.05) is 31.7 Å². The van der Waals surface area contributed by atoms with Crippen LogP contribution in [0, 0.1) is 5.92 Å². The van der Waals surface area contributed by atoms with Gasteiger partial charge in [0, 0.05) is 25.9 Å². The molecule has 3 rings (SSSR count). The largest absolute Gasteiger partial charge is 0.457 e. The van der Waals surface area contributed by atoms with Crippen molar-refractivity contribution < 1.29 is 19.1 Å². The summed E-state index contributed by atoms with van der Waals surface area (Å²) in [6, 6.07) is 16.8. The number of amides is 2. The first-order chi connectivity index (χ1) is 12.7. The summed E-state index contributed by atoms with van der Waals surface area (Å²) in [5, 5.41) is 2.73. The van der Waals surface area contributed by atoms with Crippen LogP contribution in [0.15, 0.2) is 54.6 Å². The van der Waals surface area contributed by atoms with Gasteiger partial charge >= 0.3 is 0 Å². The lowest BCUT2D eigenvalue weighted by Crippen LogP contribution is -2.38. The van der Waals surface area contributed by atoms with Gasteiger partial charge in [0.05, 0.1) is 6.61 Å². The van der Waals surface area contributed by atoms with Crippen molar-refractivity contribution in [1.29, 1.82) is 0 Å². The molecule has 6 nitrogen and oxygen atoms in total. The summed E-state index contributed by atoms with van der Waals surface area (Å²) in [4.78, 5) is 26.3. The van der Waals surface area contributed by atoms with Gasteiger partial charge in [-0.1, -0.05) is 18.2 Å². The summed E-state index contributed by atoms with van der Waals surface area (Å²) >= 11 is 0. The number of nitrogens with one attached hydrogen (secondary N) is 1. The Kier molecular flexibility index (Phi) is 5.86. The minimum Gasteiger partial charge on any atom is -0.457 e. The van der Waals surface area contributed by atoms with Crippen LogP contribution in [0.1, 0.15) is 6.42 Å². The van der Waals surface area contributed by atoms with Gasteiger partial charge in [-0.05, 0) is 42.8 Å². The highest BCUT2D eigenvalue weighted by atomic mass is 16.5. The van der Waals surface area contributed by atoms with Crippen LogP contribution in [-0.2, 0) is 14.3 Å². The van der Waals surface area contributed by atoms with E-state index in [1.54, 1.807) is 12.0 Å². The Hall–Kier alpha value is -2.86. The smallest absolute Gasteiger partial charge is 0.239 e. The topological polar surface area (TPSA) is 67.9 Å². The number of rotatable bonds is 7. The first-order valence-corrected chi connectivity index (χ1v) is 8.60. The summed E-state index contributed by atoms with van der Waals surface area (Å²) < 4.78 is 10.7. The van der Waals surface area contributed by atoms with Gasteiger partial charge in [0.25, 0.3) is 0 Å². The summed E-state index contributed by atoms with van der Waals surface area (Å²) in [5.41, 5.74) is 0.766. The van der Waals surface area contributed by atoms with E-state index in [2.05, 4.69) is 5.32 Å². The zero-order chi connectivity index (χ0) is 18.4. The molecule has 136 valence electrons.